The van der Waals surface area contributed by atoms with Crippen molar-refractivity contribution >= 4 is 17.0 Å². The molecular formula is C20H15F3N6O. The summed E-state index contributed by atoms with van der Waals surface area (Å²) in [5.41, 5.74) is 0.757. The van der Waals surface area contributed by atoms with E-state index in [0.29, 0.717) is 33.8 Å². The van der Waals surface area contributed by atoms with Crippen LogP contribution in [0.1, 0.15) is 24.4 Å². The van der Waals surface area contributed by atoms with Crippen molar-refractivity contribution in [1.29, 1.82) is 0 Å². The van der Waals surface area contributed by atoms with E-state index in [1.165, 1.54) is 18.3 Å². The quantitative estimate of drug-likeness (QED) is 0.527. The van der Waals surface area contributed by atoms with Crippen LogP contribution in [-0.4, -0.2) is 24.9 Å². The molecule has 2 N–H and O–H groups in total. The van der Waals surface area contributed by atoms with E-state index in [1.807, 2.05) is 6.92 Å². The summed E-state index contributed by atoms with van der Waals surface area (Å²) < 4.78 is 38.6. The Morgan fingerprint density at radius 2 is 1.83 bits per heavy atom. The van der Waals surface area contributed by atoms with E-state index in [0.717, 1.165) is 12.3 Å². The Balaban J connectivity index is 1.53. The summed E-state index contributed by atoms with van der Waals surface area (Å²) in [5.74, 6) is 0.312. The summed E-state index contributed by atoms with van der Waals surface area (Å²) in [6.45, 7) is 1.84. The normalized spacial score (nSPS) is 12.7. The summed E-state index contributed by atoms with van der Waals surface area (Å²) in [5, 5.41) is 3.79. The third-order valence-electron chi connectivity index (χ3n) is 4.43. The maximum atomic E-state index is 12.9. The van der Waals surface area contributed by atoms with Crippen LogP contribution in [0, 0.1) is 0 Å². The molecular weight excluding hydrogens is 397 g/mol. The van der Waals surface area contributed by atoms with Gasteiger partial charge in [0, 0.05) is 35.6 Å². The van der Waals surface area contributed by atoms with Crippen LogP contribution in [0.2, 0.25) is 0 Å². The summed E-state index contributed by atoms with van der Waals surface area (Å²) in [6, 6.07) is 8.63. The number of nitrogens with one attached hydrogen (secondary N) is 2. The van der Waals surface area contributed by atoms with Crippen LogP contribution < -0.4 is 10.9 Å². The van der Waals surface area contributed by atoms with Crippen LogP contribution in [-0.2, 0) is 6.18 Å². The van der Waals surface area contributed by atoms with Crippen molar-refractivity contribution in [2.24, 2.45) is 0 Å². The molecule has 0 bridgehead atoms. The average molecular weight is 412 g/mol. The molecule has 152 valence electrons. The van der Waals surface area contributed by atoms with Crippen LogP contribution in [0.4, 0.5) is 19.1 Å². The number of rotatable bonds is 4. The summed E-state index contributed by atoms with van der Waals surface area (Å²) in [6.07, 6.45) is -0.295. The summed E-state index contributed by atoms with van der Waals surface area (Å²) >= 11 is 0. The molecule has 0 radical (unpaired) electrons. The van der Waals surface area contributed by atoms with Crippen LogP contribution >= 0.6 is 0 Å². The van der Waals surface area contributed by atoms with Gasteiger partial charge in [-0.05, 0) is 36.8 Å². The molecule has 0 unspecified atom stereocenters. The Morgan fingerprint density at radius 3 is 2.57 bits per heavy atom. The van der Waals surface area contributed by atoms with Crippen molar-refractivity contribution in [3.63, 3.8) is 0 Å². The molecule has 4 aromatic rings. The zero-order chi connectivity index (χ0) is 21.3. The predicted octanol–water partition coefficient (Wildman–Crippen LogP) is 3.97. The minimum Gasteiger partial charge on any atom is -0.346 e. The molecule has 10 heteroatoms. The first-order chi connectivity index (χ1) is 14.3. The van der Waals surface area contributed by atoms with E-state index < -0.39 is 11.9 Å². The number of hydrogen-bond donors (Lipinski definition) is 2. The fraction of sp³-hybridized carbons (Fsp3) is 0.150. The number of aromatic amines is 1. The van der Waals surface area contributed by atoms with Gasteiger partial charge in [0.15, 0.2) is 0 Å². The van der Waals surface area contributed by atoms with E-state index in [2.05, 4.69) is 30.2 Å². The maximum absolute atomic E-state index is 12.9. The number of pyridine rings is 3. The number of fused-ring (bicyclic) bond motifs is 1. The predicted molar refractivity (Wildman–Crippen MR) is 105 cm³/mol. The van der Waals surface area contributed by atoms with Crippen molar-refractivity contribution in [3.8, 4) is 11.1 Å². The fourth-order valence-corrected chi connectivity index (χ4v) is 2.87. The average Bonchev–Trinajstić information content (AvgIpc) is 2.73. The van der Waals surface area contributed by atoms with Crippen molar-refractivity contribution < 1.29 is 13.2 Å². The molecule has 4 rings (SSSR count). The van der Waals surface area contributed by atoms with Crippen LogP contribution in [0.5, 0.6) is 0 Å². The monoisotopic (exact) mass is 412 g/mol. The largest absolute Gasteiger partial charge is 0.433 e. The zero-order valence-electron chi connectivity index (χ0n) is 15.6. The van der Waals surface area contributed by atoms with Gasteiger partial charge in [0.05, 0.1) is 11.7 Å². The number of anilines is 1. The van der Waals surface area contributed by atoms with E-state index >= 15 is 0 Å². The molecule has 4 heterocycles. The Morgan fingerprint density at radius 1 is 1.00 bits per heavy atom. The van der Waals surface area contributed by atoms with Gasteiger partial charge < -0.3 is 10.3 Å². The highest BCUT2D eigenvalue weighted by atomic mass is 19.4. The van der Waals surface area contributed by atoms with Crippen LogP contribution in [0.25, 0.3) is 22.2 Å². The molecule has 0 aromatic carbocycles. The molecule has 1 atom stereocenters. The number of H-pyrrole nitrogens is 1. The van der Waals surface area contributed by atoms with Gasteiger partial charge in [0.2, 0.25) is 11.5 Å². The van der Waals surface area contributed by atoms with Crippen LogP contribution in [0.15, 0.2) is 59.8 Å². The molecule has 7 nitrogen and oxygen atoms in total. The highest BCUT2D eigenvalue weighted by Gasteiger charge is 2.32. The first kappa shape index (κ1) is 19.5. The molecule has 0 aliphatic rings. The first-order valence-corrected chi connectivity index (χ1v) is 8.92. The van der Waals surface area contributed by atoms with Crippen molar-refractivity contribution in [1.82, 2.24) is 24.9 Å². The smallest absolute Gasteiger partial charge is 0.346 e. The Hall–Kier alpha value is -3.82. The number of hydrogen-bond acceptors (Lipinski definition) is 6. The number of aromatic nitrogens is 5. The van der Waals surface area contributed by atoms with Crippen molar-refractivity contribution in [2.45, 2.75) is 19.1 Å². The second kappa shape index (κ2) is 7.54. The third kappa shape index (κ3) is 4.12. The lowest BCUT2D eigenvalue weighted by Gasteiger charge is -2.14. The lowest BCUT2D eigenvalue weighted by atomic mass is 10.1. The van der Waals surface area contributed by atoms with Gasteiger partial charge in [0.25, 0.3) is 0 Å². The Labute approximate surface area is 168 Å². The highest BCUT2D eigenvalue weighted by Crippen LogP contribution is 2.30. The zero-order valence-corrected chi connectivity index (χ0v) is 15.6. The van der Waals surface area contributed by atoms with Gasteiger partial charge in [0.1, 0.15) is 11.3 Å². The number of alkyl halides is 3. The van der Waals surface area contributed by atoms with E-state index in [1.54, 1.807) is 24.4 Å². The lowest BCUT2D eigenvalue weighted by Crippen LogP contribution is -2.12. The van der Waals surface area contributed by atoms with Gasteiger partial charge in [-0.15, -0.1) is 0 Å². The standard InChI is InChI=1S/C20H15F3N6O/c1-11(27-19-26-10-14-3-5-17(30)28-18(14)29-19)15-4-2-13(9-25-15)12-6-7-24-16(8-12)20(21,22)23/h2-11H,1H3,(H2,26,27,28,29,30)/t11-/m0/s1. The molecule has 0 amide bonds. The molecule has 0 aliphatic heterocycles. The van der Waals surface area contributed by atoms with E-state index in [4.69, 9.17) is 0 Å². The van der Waals surface area contributed by atoms with E-state index in [-0.39, 0.29) is 11.6 Å². The Bertz CT molecular complexity index is 1250. The summed E-state index contributed by atoms with van der Waals surface area (Å²) in [4.78, 5) is 30.3. The minimum absolute atomic E-state index is 0.262. The topological polar surface area (TPSA) is 96.5 Å². The minimum atomic E-state index is -4.51. The molecule has 0 fully saturated rings. The van der Waals surface area contributed by atoms with Gasteiger partial charge in [-0.25, -0.2) is 4.98 Å². The molecule has 0 spiro atoms. The second-order valence-corrected chi connectivity index (χ2v) is 6.59. The number of nitrogens with zero attached hydrogens (tertiary/aromatic N) is 4. The molecule has 0 aliphatic carbocycles. The first-order valence-electron chi connectivity index (χ1n) is 8.92. The molecule has 30 heavy (non-hydrogen) atoms. The third-order valence-corrected chi connectivity index (χ3v) is 4.43. The molecule has 0 saturated carbocycles. The summed E-state index contributed by atoms with van der Waals surface area (Å²) in [7, 11) is 0. The second-order valence-electron chi connectivity index (χ2n) is 6.59. The maximum Gasteiger partial charge on any atom is 0.433 e. The highest BCUT2D eigenvalue weighted by molar-refractivity contribution is 5.74. The molecule has 0 saturated heterocycles. The van der Waals surface area contributed by atoms with Gasteiger partial charge in [-0.2, -0.15) is 18.2 Å². The lowest BCUT2D eigenvalue weighted by molar-refractivity contribution is -0.141. The van der Waals surface area contributed by atoms with Gasteiger partial charge in [-0.3, -0.25) is 14.8 Å². The van der Waals surface area contributed by atoms with Gasteiger partial charge >= 0.3 is 6.18 Å². The van der Waals surface area contributed by atoms with E-state index in [9.17, 15) is 18.0 Å². The Kier molecular flexibility index (Phi) is 4.90. The fourth-order valence-electron chi connectivity index (χ4n) is 2.87. The number of halogens is 3. The van der Waals surface area contributed by atoms with Crippen LogP contribution in [0.3, 0.4) is 0 Å². The molecule has 4 aromatic heterocycles. The SMILES string of the molecule is C[C@H](Nc1ncc2ccc(=O)[nH]c2n1)c1ccc(-c2ccnc(C(F)(F)F)c2)cn1. The van der Waals surface area contributed by atoms with Crippen molar-refractivity contribution in [3.05, 3.63) is 76.7 Å². The van der Waals surface area contributed by atoms with Gasteiger partial charge in [-0.1, -0.05) is 6.07 Å². The van der Waals surface area contributed by atoms with Crippen molar-refractivity contribution in [2.75, 3.05) is 5.32 Å².